The summed E-state index contributed by atoms with van der Waals surface area (Å²) < 4.78 is 0. The fraction of sp³-hybridized carbons (Fsp3) is 0.588. The zero-order valence-electron chi connectivity index (χ0n) is 14.8. The van der Waals surface area contributed by atoms with Gasteiger partial charge in [0.15, 0.2) is 0 Å². The van der Waals surface area contributed by atoms with E-state index in [1.807, 2.05) is 26.2 Å². The summed E-state index contributed by atoms with van der Waals surface area (Å²) in [6.07, 6.45) is 0. The lowest BCUT2D eigenvalue weighted by molar-refractivity contribution is 0.0797. The smallest absolute Gasteiger partial charge is 0.253 e. The molecule has 1 aliphatic rings. The van der Waals surface area contributed by atoms with Gasteiger partial charge in [0.1, 0.15) is 0 Å². The van der Waals surface area contributed by atoms with Crippen molar-refractivity contribution in [1.82, 2.24) is 20.0 Å². The molecule has 1 aromatic carbocycles. The lowest BCUT2D eigenvalue weighted by Crippen LogP contribution is -2.43. The second kappa shape index (κ2) is 11.7. The van der Waals surface area contributed by atoms with Crippen LogP contribution in [0.2, 0.25) is 0 Å². The van der Waals surface area contributed by atoms with Gasteiger partial charge in [0.25, 0.3) is 5.91 Å². The fourth-order valence-corrected chi connectivity index (χ4v) is 2.62. The molecule has 24 heavy (non-hydrogen) atoms. The van der Waals surface area contributed by atoms with Gasteiger partial charge in [-0.15, -0.1) is 24.8 Å². The van der Waals surface area contributed by atoms with Crippen LogP contribution in [0.3, 0.4) is 0 Å². The molecule has 0 aliphatic carbocycles. The molecule has 2 rings (SSSR count). The Balaban J connectivity index is 0.00000264. The molecule has 7 heteroatoms. The van der Waals surface area contributed by atoms with Crippen LogP contribution >= 0.6 is 24.8 Å². The summed E-state index contributed by atoms with van der Waals surface area (Å²) >= 11 is 0. The molecule has 0 saturated carbocycles. The summed E-state index contributed by atoms with van der Waals surface area (Å²) in [5, 5.41) is 3.06. The number of carbonyl (C=O) groups excluding carboxylic acids is 1. The number of hydrogen-bond donors (Lipinski definition) is 1. The van der Waals surface area contributed by atoms with Gasteiger partial charge in [-0.25, -0.2) is 0 Å². The van der Waals surface area contributed by atoms with Crippen LogP contribution in [0.1, 0.15) is 15.9 Å². The molecule has 1 saturated heterocycles. The van der Waals surface area contributed by atoms with Crippen molar-refractivity contribution in [2.24, 2.45) is 0 Å². The van der Waals surface area contributed by atoms with Gasteiger partial charge in [-0.2, -0.15) is 0 Å². The molecule has 1 N–H and O–H groups in total. The van der Waals surface area contributed by atoms with E-state index in [1.54, 1.807) is 4.90 Å². The predicted octanol–water partition coefficient (Wildman–Crippen LogP) is 1.57. The monoisotopic (exact) mass is 376 g/mol. The molecular weight excluding hydrogens is 347 g/mol. The Morgan fingerprint density at radius 3 is 2.25 bits per heavy atom. The van der Waals surface area contributed by atoms with E-state index < -0.39 is 0 Å². The van der Waals surface area contributed by atoms with Crippen LogP contribution in [-0.4, -0.2) is 81.0 Å². The number of piperazine rings is 1. The van der Waals surface area contributed by atoms with Gasteiger partial charge < -0.3 is 15.1 Å². The number of halogens is 2. The Hall–Kier alpha value is -0.850. The molecule has 138 valence electrons. The lowest BCUT2D eigenvalue weighted by Gasteiger charge is -2.32. The largest absolute Gasteiger partial charge is 0.340 e. The standard InChI is InChI=1S/C17H28N4O.2ClH/c1-18-8-9-20(3)17(22)16-6-4-15(5-7-16)14-21-12-10-19(2)11-13-21;;/h4-7,18H,8-14H2,1-3H3;2*1H. The molecule has 0 radical (unpaired) electrons. The van der Waals surface area contributed by atoms with Crippen LogP contribution in [0.15, 0.2) is 24.3 Å². The van der Waals surface area contributed by atoms with Gasteiger partial charge in [0, 0.05) is 58.4 Å². The molecule has 0 aromatic heterocycles. The minimum atomic E-state index is 0. The lowest BCUT2D eigenvalue weighted by atomic mass is 10.1. The predicted molar refractivity (Wildman–Crippen MR) is 105 cm³/mol. The van der Waals surface area contributed by atoms with Crippen LogP contribution in [0, 0.1) is 0 Å². The molecule has 5 nitrogen and oxygen atoms in total. The van der Waals surface area contributed by atoms with Crippen molar-refractivity contribution in [3.05, 3.63) is 35.4 Å². The Morgan fingerprint density at radius 2 is 1.71 bits per heavy atom. The van der Waals surface area contributed by atoms with Crippen molar-refractivity contribution < 1.29 is 4.79 Å². The van der Waals surface area contributed by atoms with Crippen molar-refractivity contribution in [2.75, 3.05) is 60.4 Å². The van der Waals surface area contributed by atoms with E-state index in [0.717, 1.165) is 51.4 Å². The highest BCUT2D eigenvalue weighted by molar-refractivity contribution is 5.94. The van der Waals surface area contributed by atoms with Gasteiger partial charge in [-0.05, 0) is 31.8 Å². The molecule has 1 aromatic rings. The third-order valence-corrected chi connectivity index (χ3v) is 4.25. The average Bonchev–Trinajstić information content (AvgIpc) is 2.55. The number of hydrogen-bond acceptors (Lipinski definition) is 4. The summed E-state index contributed by atoms with van der Waals surface area (Å²) in [5.74, 6) is 0.0846. The van der Waals surface area contributed by atoms with Crippen molar-refractivity contribution in [3.8, 4) is 0 Å². The molecule has 1 amide bonds. The van der Waals surface area contributed by atoms with E-state index in [4.69, 9.17) is 0 Å². The van der Waals surface area contributed by atoms with Crippen LogP contribution in [0.5, 0.6) is 0 Å². The quantitative estimate of drug-likeness (QED) is 0.817. The van der Waals surface area contributed by atoms with Gasteiger partial charge in [0.05, 0.1) is 0 Å². The number of carbonyl (C=O) groups is 1. The van der Waals surface area contributed by atoms with Crippen LogP contribution in [-0.2, 0) is 6.54 Å². The van der Waals surface area contributed by atoms with E-state index in [9.17, 15) is 4.79 Å². The molecule has 1 aliphatic heterocycles. The number of rotatable bonds is 6. The SMILES string of the molecule is CNCCN(C)C(=O)c1ccc(CN2CCN(C)CC2)cc1.Cl.Cl. The Labute approximate surface area is 158 Å². The van der Waals surface area contributed by atoms with Crippen LogP contribution in [0.25, 0.3) is 0 Å². The second-order valence-corrected chi connectivity index (χ2v) is 6.11. The Morgan fingerprint density at radius 1 is 1.12 bits per heavy atom. The summed E-state index contributed by atoms with van der Waals surface area (Å²) in [5.41, 5.74) is 2.04. The summed E-state index contributed by atoms with van der Waals surface area (Å²) in [6, 6.07) is 8.06. The zero-order chi connectivity index (χ0) is 15.9. The Kier molecular flexibility index (Phi) is 11.2. The molecule has 0 spiro atoms. The van der Waals surface area contributed by atoms with Gasteiger partial charge in [0.2, 0.25) is 0 Å². The third-order valence-electron chi connectivity index (χ3n) is 4.25. The maximum Gasteiger partial charge on any atom is 0.253 e. The topological polar surface area (TPSA) is 38.8 Å². The first-order chi connectivity index (χ1) is 10.6. The minimum absolute atomic E-state index is 0. The molecular formula is C17H30Cl2N4O. The third kappa shape index (κ3) is 6.95. The van der Waals surface area contributed by atoms with E-state index in [2.05, 4.69) is 34.3 Å². The van der Waals surface area contributed by atoms with E-state index >= 15 is 0 Å². The number of amides is 1. The highest BCUT2D eigenvalue weighted by Crippen LogP contribution is 2.11. The van der Waals surface area contributed by atoms with Crippen LogP contribution < -0.4 is 5.32 Å². The average molecular weight is 377 g/mol. The van der Waals surface area contributed by atoms with Crippen molar-refractivity contribution in [2.45, 2.75) is 6.54 Å². The minimum Gasteiger partial charge on any atom is -0.340 e. The molecule has 0 atom stereocenters. The Bertz CT molecular complexity index is 476. The molecule has 1 fully saturated rings. The van der Waals surface area contributed by atoms with E-state index in [-0.39, 0.29) is 30.7 Å². The van der Waals surface area contributed by atoms with E-state index in [1.165, 1.54) is 5.56 Å². The number of benzene rings is 1. The van der Waals surface area contributed by atoms with Gasteiger partial charge in [-0.3, -0.25) is 9.69 Å². The number of nitrogens with one attached hydrogen (secondary N) is 1. The molecule has 1 heterocycles. The molecule has 0 unspecified atom stereocenters. The maximum absolute atomic E-state index is 12.3. The number of likely N-dealkylation sites (N-methyl/N-ethyl adjacent to an activating group) is 3. The normalized spacial score (nSPS) is 15.3. The zero-order valence-corrected chi connectivity index (χ0v) is 16.5. The summed E-state index contributed by atoms with van der Waals surface area (Å²) in [7, 11) is 5.91. The first-order valence-corrected chi connectivity index (χ1v) is 8.00. The van der Waals surface area contributed by atoms with Crippen molar-refractivity contribution >= 4 is 30.7 Å². The highest BCUT2D eigenvalue weighted by Gasteiger charge is 2.15. The fourth-order valence-electron chi connectivity index (χ4n) is 2.62. The number of nitrogens with zero attached hydrogens (tertiary/aromatic N) is 3. The van der Waals surface area contributed by atoms with Gasteiger partial charge >= 0.3 is 0 Å². The highest BCUT2D eigenvalue weighted by atomic mass is 35.5. The maximum atomic E-state index is 12.3. The first-order valence-electron chi connectivity index (χ1n) is 8.00. The van der Waals surface area contributed by atoms with Crippen molar-refractivity contribution in [3.63, 3.8) is 0 Å². The van der Waals surface area contributed by atoms with Crippen molar-refractivity contribution in [1.29, 1.82) is 0 Å². The second-order valence-electron chi connectivity index (χ2n) is 6.11. The van der Waals surface area contributed by atoms with Gasteiger partial charge in [-0.1, -0.05) is 12.1 Å². The van der Waals surface area contributed by atoms with E-state index in [0.29, 0.717) is 0 Å². The summed E-state index contributed by atoms with van der Waals surface area (Å²) in [6.45, 7) is 6.99. The summed E-state index contributed by atoms with van der Waals surface area (Å²) in [4.78, 5) is 18.9. The van der Waals surface area contributed by atoms with Crippen LogP contribution in [0.4, 0.5) is 0 Å². The first kappa shape index (κ1) is 23.1. The molecule has 0 bridgehead atoms.